The van der Waals surface area contributed by atoms with Crippen LogP contribution in [0.4, 0.5) is 13.2 Å². The van der Waals surface area contributed by atoms with E-state index in [0.717, 1.165) is 0 Å². The maximum Gasteiger partial charge on any atom is 0.418 e. The van der Waals surface area contributed by atoms with Gasteiger partial charge in [0.05, 0.1) is 29.8 Å². The molecule has 1 atom stereocenters. The van der Waals surface area contributed by atoms with Crippen LogP contribution in [-0.4, -0.2) is 30.3 Å². The molecule has 0 aliphatic heterocycles. The van der Waals surface area contributed by atoms with Crippen molar-refractivity contribution >= 4 is 22.6 Å². The lowest BCUT2D eigenvalue weighted by atomic mass is 9.83. The van der Waals surface area contributed by atoms with Crippen LogP contribution in [0.2, 0.25) is 5.02 Å². The average Bonchev–Trinajstić information content (AvgIpc) is 3.10. The number of benzene rings is 2. The van der Waals surface area contributed by atoms with Gasteiger partial charge in [-0.25, -0.2) is 4.98 Å². The Morgan fingerprint density at radius 2 is 1.93 bits per heavy atom. The molecule has 2 aromatic carbocycles. The van der Waals surface area contributed by atoms with Crippen LogP contribution in [-0.2, 0) is 5.54 Å². The highest BCUT2D eigenvalue weighted by Gasteiger charge is 2.60. The summed E-state index contributed by atoms with van der Waals surface area (Å²) in [6, 6.07) is 7.88. The molecule has 152 valence electrons. The Balaban J connectivity index is 2.44. The molecule has 29 heavy (non-hydrogen) atoms. The van der Waals surface area contributed by atoms with E-state index in [1.165, 1.54) is 45.3 Å². The molecule has 0 saturated carbocycles. The number of halogens is 4. The van der Waals surface area contributed by atoms with Gasteiger partial charge in [-0.2, -0.15) is 18.4 Å². The molecule has 1 aromatic heterocycles. The lowest BCUT2D eigenvalue weighted by molar-refractivity contribution is -0.188. The van der Waals surface area contributed by atoms with Gasteiger partial charge in [-0.15, -0.1) is 0 Å². The first-order valence-electron chi connectivity index (χ1n) is 8.60. The number of aromatic nitrogens is 2. The molecule has 0 fully saturated rings. The van der Waals surface area contributed by atoms with Crippen molar-refractivity contribution in [2.75, 3.05) is 14.2 Å². The van der Waals surface area contributed by atoms with Crippen molar-refractivity contribution in [3.63, 3.8) is 0 Å². The Hall–Kier alpha value is -2.76. The third kappa shape index (κ3) is 3.11. The highest BCUT2D eigenvalue weighted by molar-refractivity contribution is 6.32. The number of hydrogen-bond acceptors (Lipinski definition) is 4. The van der Waals surface area contributed by atoms with Gasteiger partial charge in [-0.3, -0.25) is 5.32 Å². The maximum atomic E-state index is 14.7. The summed E-state index contributed by atoms with van der Waals surface area (Å²) in [4.78, 5) is 6.93. The molecule has 1 unspecified atom stereocenters. The van der Waals surface area contributed by atoms with Gasteiger partial charge in [0.2, 0.25) is 5.54 Å². The number of aryl methyl sites for hydroxylation is 1. The number of fused-ring (bicyclic) bond motifs is 1. The van der Waals surface area contributed by atoms with Crippen molar-refractivity contribution in [2.45, 2.75) is 25.6 Å². The Morgan fingerprint density at radius 1 is 1.24 bits per heavy atom. The van der Waals surface area contributed by atoms with Crippen LogP contribution in [0, 0.1) is 25.2 Å². The predicted molar refractivity (Wildman–Crippen MR) is 104 cm³/mol. The van der Waals surface area contributed by atoms with Crippen LogP contribution in [0.3, 0.4) is 0 Å². The largest absolute Gasteiger partial charge is 0.496 e. The van der Waals surface area contributed by atoms with E-state index in [9.17, 15) is 13.2 Å². The fraction of sp³-hybridized carbons (Fsp3) is 0.300. The van der Waals surface area contributed by atoms with Crippen LogP contribution in [0.1, 0.15) is 28.1 Å². The summed E-state index contributed by atoms with van der Waals surface area (Å²) in [5.41, 5.74) is -1.14. The SMILES string of the molecule is CNC(c1nc2ccc(C#N)cc2[nH]1)(c1c(OC)cc(C)c(Cl)c1C)C(F)(F)F. The van der Waals surface area contributed by atoms with E-state index in [-0.39, 0.29) is 27.7 Å². The molecular weight excluding hydrogens is 405 g/mol. The lowest BCUT2D eigenvalue weighted by Gasteiger charge is -2.36. The number of ether oxygens (including phenoxy) is 1. The van der Waals surface area contributed by atoms with Gasteiger partial charge in [-0.1, -0.05) is 11.6 Å². The zero-order chi connectivity index (χ0) is 21.6. The fourth-order valence-corrected chi connectivity index (χ4v) is 3.73. The molecule has 2 N–H and O–H groups in total. The number of nitrogens with one attached hydrogen (secondary N) is 2. The van der Waals surface area contributed by atoms with Gasteiger partial charge < -0.3 is 9.72 Å². The third-order valence-corrected chi connectivity index (χ3v) is 5.59. The van der Waals surface area contributed by atoms with Crippen molar-refractivity contribution in [2.24, 2.45) is 0 Å². The molecule has 0 amide bonds. The van der Waals surface area contributed by atoms with Crippen molar-refractivity contribution in [1.29, 1.82) is 5.26 Å². The monoisotopic (exact) mass is 422 g/mol. The van der Waals surface area contributed by atoms with Crippen LogP contribution in [0.25, 0.3) is 11.0 Å². The Bertz CT molecular complexity index is 1130. The summed E-state index contributed by atoms with van der Waals surface area (Å²) in [5.74, 6) is -0.340. The van der Waals surface area contributed by atoms with Crippen molar-refractivity contribution < 1.29 is 17.9 Å². The maximum absolute atomic E-state index is 14.7. The number of imidazole rings is 1. The lowest BCUT2D eigenvalue weighted by Crippen LogP contribution is -2.54. The number of alkyl halides is 3. The average molecular weight is 423 g/mol. The van der Waals surface area contributed by atoms with Gasteiger partial charge >= 0.3 is 6.18 Å². The molecule has 9 heteroatoms. The van der Waals surface area contributed by atoms with Crippen molar-refractivity contribution in [3.05, 3.63) is 57.4 Å². The standard InChI is InChI=1S/C20H18ClF3N4O/c1-10-7-15(29-4)16(11(2)17(10)21)19(26-3,20(22,23)24)18-27-13-6-5-12(9-25)8-14(13)28-18/h5-8,26H,1-4H3,(H,27,28). The molecule has 0 radical (unpaired) electrons. The summed E-state index contributed by atoms with van der Waals surface area (Å²) < 4.78 is 49.3. The van der Waals surface area contributed by atoms with Gasteiger partial charge in [-0.05, 0) is 56.3 Å². The van der Waals surface area contributed by atoms with E-state index in [1.54, 1.807) is 6.92 Å². The highest BCUT2D eigenvalue weighted by atomic mass is 35.5. The highest BCUT2D eigenvalue weighted by Crippen LogP contribution is 2.49. The molecule has 0 aliphatic carbocycles. The van der Waals surface area contributed by atoms with Gasteiger partial charge in [0.15, 0.2) is 0 Å². The van der Waals surface area contributed by atoms with Gasteiger partial charge in [0.1, 0.15) is 11.6 Å². The van der Waals surface area contributed by atoms with E-state index < -0.39 is 11.7 Å². The number of rotatable bonds is 4. The molecule has 3 rings (SSSR count). The van der Waals surface area contributed by atoms with Gasteiger partial charge in [0.25, 0.3) is 0 Å². The summed E-state index contributed by atoms with van der Waals surface area (Å²) in [5, 5.41) is 11.7. The second-order valence-electron chi connectivity index (χ2n) is 6.64. The molecule has 3 aromatic rings. The van der Waals surface area contributed by atoms with E-state index in [2.05, 4.69) is 15.3 Å². The van der Waals surface area contributed by atoms with Crippen molar-refractivity contribution in [1.82, 2.24) is 15.3 Å². The van der Waals surface area contributed by atoms with Gasteiger partial charge in [0, 0.05) is 10.6 Å². The molecule has 0 spiro atoms. The number of aromatic amines is 1. The van der Waals surface area contributed by atoms with E-state index >= 15 is 0 Å². The number of methoxy groups -OCH3 is 1. The minimum Gasteiger partial charge on any atom is -0.496 e. The first-order valence-corrected chi connectivity index (χ1v) is 8.98. The number of nitriles is 1. The topological polar surface area (TPSA) is 73.7 Å². The van der Waals surface area contributed by atoms with E-state index in [4.69, 9.17) is 21.6 Å². The van der Waals surface area contributed by atoms with E-state index in [1.807, 2.05) is 6.07 Å². The van der Waals surface area contributed by atoms with Crippen molar-refractivity contribution in [3.8, 4) is 11.8 Å². The summed E-state index contributed by atoms with van der Waals surface area (Å²) in [7, 11) is 2.51. The molecule has 1 heterocycles. The first-order chi connectivity index (χ1) is 13.6. The predicted octanol–water partition coefficient (Wildman–Crippen LogP) is 4.74. The van der Waals surface area contributed by atoms with E-state index in [0.29, 0.717) is 22.2 Å². The fourth-order valence-electron chi connectivity index (χ4n) is 3.59. The second kappa shape index (κ2) is 7.25. The minimum absolute atomic E-state index is 0.0363. The number of nitrogens with zero attached hydrogens (tertiary/aromatic N) is 2. The molecule has 0 aliphatic rings. The third-order valence-electron chi connectivity index (χ3n) is 5.01. The summed E-state index contributed by atoms with van der Waals surface area (Å²) >= 11 is 6.31. The second-order valence-corrected chi connectivity index (χ2v) is 7.01. The molecule has 0 bridgehead atoms. The number of hydrogen-bond donors (Lipinski definition) is 2. The smallest absolute Gasteiger partial charge is 0.418 e. The molecule has 5 nitrogen and oxygen atoms in total. The first kappa shape index (κ1) is 21.0. The van der Waals surface area contributed by atoms with Crippen LogP contribution >= 0.6 is 11.6 Å². The Labute approximate surface area is 170 Å². The Morgan fingerprint density at radius 3 is 2.48 bits per heavy atom. The normalized spacial score (nSPS) is 13.9. The van der Waals surface area contributed by atoms with Crippen LogP contribution in [0.15, 0.2) is 24.3 Å². The molecular formula is C20H18ClF3N4O. The molecule has 0 saturated heterocycles. The summed E-state index contributed by atoms with van der Waals surface area (Å²) in [6.45, 7) is 3.21. The number of H-pyrrole nitrogens is 1. The minimum atomic E-state index is -4.80. The van der Waals surface area contributed by atoms with Crippen LogP contribution < -0.4 is 10.1 Å². The zero-order valence-corrected chi connectivity index (χ0v) is 16.9. The summed E-state index contributed by atoms with van der Waals surface area (Å²) in [6.07, 6.45) is -4.80. The van der Waals surface area contributed by atoms with Crippen LogP contribution in [0.5, 0.6) is 5.75 Å². The Kier molecular flexibility index (Phi) is 5.24. The zero-order valence-electron chi connectivity index (χ0n) is 16.1. The quantitative estimate of drug-likeness (QED) is 0.637.